The molecule has 2 aromatic heterocycles. The van der Waals surface area contributed by atoms with Gasteiger partial charge in [-0.25, -0.2) is 4.98 Å². The van der Waals surface area contributed by atoms with Crippen LogP contribution >= 0.6 is 22.9 Å². The van der Waals surface area contributed by atoms with E-state index in [1.165, 1.54) is 4.88 Å². The summed E-state index contributed by atoms with van der Waals surface area (Å²) in [7, 11) is 0. The SMILES string of the molecule is Nc1nc(Cl)cc(N2CCCN(Cc3cccs3)CC2)n1. The van der Waals surface area contributed by atoms with Gasteiger partial charge in [0.25, 0.3) is 0 Å². The molecule has 0 atom stereocenters. The van der Waals surface area contributed by atoms with Gasteiger partial charge in [-0.15, -0.1) is 11.3 Å². The zero-order chi connectivity index (χ0) is 14.7. The van der Waals surface area contributed by atoms with E-state index in [2.05, 4.69) is 37.3 Å². The van der Waals surface area contributed by atoms with Crippen LogP contribution in [0.1, 0.15) is 11.3 Å². The van der Waals surface area contributed by atoms with Crippen LogP contribution in [0.4, 0.5) is 11.8 Å². The van der Waals surface area contributed by atoms with Crippen molar-refractivity contribution in [1.82, 2.24) is 14.9 Å². The van der Waals surface area contributed by atoms with Gasteiger partial charge in [0, 0.05) is 43.7 Å². The molecule has 0 bridgehead atoms. The third-order valence-electron chi connectivity index (χ3n) is 3.57. The van der Waals surface area contributed by atoms with Crippen molar-refractivity contribution in [2.75, 3.05) is 36.8 Å². The largest absolute Gasteiger partial charge is 0.368 e. The molecule has 7 heteroatoms. The molecular weight excluding hydrogens is 306 g/mol. The second-order valence-electron chi connectivity index (χ2n) is 5.10. The number of halogens is 1. The molecule has 0 aliphatic carbocycles. The Balaban J connectivity index is 1.65. The van der Waals surface area contributed by atoms with Gasteiger partial charge in [0.05, 0.1) is 0 Å². The Morgan fingerprint density at radius 2 is 2.14 bits per heavy atom. The molecule has 3 rings (SSSR count). The van der Waals surface area contributed by atoms with Crippen molar-refractivity contribution in [1.29, 1.82) is 0 Å². The van der Waals surface area contributed by atoms with Crippen molar-refractivity contribution >= 4 is 34.7 Å². The van der Waals surface area contributed by atoms with E-state index in [4.69, 9.17) is 17.3 Å². The third kappa shape index (κ3) is 3.84. The van der Waals surface area contributed by atoms with Crippen LogP contribution in [0.25, 0.3) is 0 Å². The standard InChI is InChI=1S/C14H18ClN5S/c15-12-9-13(18-14(16)17-12)20-5-2-4-19(6-7-20)10-11-3-1-8-21-11/h1,3,8-9H,2,4-7,10H2,(H2,16,17,18). The highest BCUT2D eigenvalue weighted by Gasteiger charge is 2.17. The summed E-state index contributed by atoms with van der Waals surface area (Å²) in [5.74, 6) is 1.06. The van der Waals surface area contributed by atoms with E-state index in [9.17, 15) is 0 Å². The lowest BCUT2D eigenvalue weighted by atomic mass is 10.3. The number of hydrogen-bond donors (Lipinski definition) is 1. The maximum absolute atomic E-state index is 5.97. The van der Waals surface area contributed by atoms with Crippen LogP contribution in [0.3, 0.4) is 0 Å². The second-order valence-corrected chi connectivity index (χ2v) is 6.52. The summed E-state index contributed by atoms with van der Waals surface area (Å²) in [6, 6.07) is 6.08. The minimum Gasteiger partial charge on any atom is -0.368 e. The maximum atomic E-state index is 5.97. The van der Waals surface area contributed by atoms with Crippen LogP contribution in [-0.4, -0.2) is 41.0 Å². The predicted octanol–water partition coefficient (Wildman–Crippen LogP) is 2.49. The molecule has 2 aromatic rings. The number of nitrogens with two attached hydrogens (primary N) is 1. The molecule has 0 aromatic carbocycles. The first kappa shape index (κ1) is 14.6. The van der Waals surface area contributed by atoms with Crippen LogP contribution in [0, 0.1) is 0 Å². The minimum absolute atomic E-state index is 0.234. The summed E-state index contributed by atoms with van der Waals surface area (Å²) in [5.41, 5.74) is 5.68. The average Bonchev–Trinajstić information content (AvgIpc) is 2.82. The van der Waals surface area contributed by atoms with Crippen molar-refractivity contribution in [3.63, 3.8) is 0 Å². The summed E-state index contributed by atoms with van der Waals surface area (Å²) in [6.45, 7) is 5.03. The molecule has 112 valence electrons. The van der Waals surface area contributed by atoms with E-state index in [1.54, 1.807) is 6.07 Å². The Labute approximate surface area is 133 Å². The van der Waals surface area contributed by atoms with Gasteiger partial charge >= 0.3 is 0 Å². The first-order chi connectivity index (χ1) is 10.2. The molecule has 1 aliphatic heterocycles. The van der Waals surface area contributed by atoms with Crippen molar-refractivity contribution < 1.29 is 0 Å². The minimum atomic E-state index is 0.234. The highest BCUT2D eigenvalue weighted by molar-refractivity contribution is 7.09. The molecule has 5 nitrogen and oxygen atoms in total. The zero-order valence-electron chi connectivity index (χ0n) is 11.7. The topological polar surface area (TPSA) is 58.3 Å². The zero-order valence-corrected chi connectivity index (χ0v) is 13.3. The summed E-state index contributed by atoms with van der Waals surface area (Å²) in [4.78, 5) is 14.3. The molecule has 21 heavy (non-hydrogen) atoms. The van der Waals surface area contributed by atoms with Gasteiger partial charge in [-0.2, -0.15) is 4.98 Å². The quantitative estimate of drug-likeness (QED) is 0.879. The third-order valence-corrected chi connectivity index (χ3v) is 4.63. The van der Waals surface area contributed by atoms with E-state index in [0.29, 0.717) is 5.15 Å². The summed E-state index contributed by atoms with van der Waals surface area (Å²) >= 11 is 7.78. The van der Waals surface area contributed by atoms with Crippen LogP contribution in [0.5, 0.6) is 0 Å². The number of nitrogen functional groups attached to an aromatic ring is 1. The van der Waals surface area contributed by atoms with Crippen LogP contribution in [0.15, 0.2) is 23.6 Å². The fraction of sp³-hybridized carbons (Fsp3) is 0.429. The van der Waals surface area contributed by atoms with E-state index in [-0.39, 0.29) is 5.95 Å². The fourth-order valence-electron chi connectivity index (χ4n) is 2.57. The van der Waals surface area contributed by atoms with Crippen LogP contribution < -0.4 is 10.6 Å². The molecule has 1 saturated heterocycles. The van der Waals surface area contributed by atoms with Gasteiger partial charge in [0.15, 0.2) is 0 Å². The smallest absolute Gasteiger partial charge is 0.223 e. The number of rotatable bonds is 3. The number of thiophene rings is 1. The molecule has 0 spiro atoms. The van der Waals surface area contributed by atoms with E-state index in [0.717, 1.165) is 45.0 Å². The highest BCUT2D eigenvalue weighted by Crippen LogP contribution is 2.20. The fourth-order valence-corrected chi connectivity index (χ4v) is 3.50. The van der Waals surface area contributed by atoms with Crippen molar-refractivity contribution in [2.24, 2.45) is 0 Å². The van der Waals surface area contributed by atoms with Gasteiger partial charge in [-0.3, -0.25) is 4.90 Å². The van der Waals surface area contributed by atoms with E-state index >= 15 is 0 Å². The number of nitrogens with zero attached hydrogens (tertiary/aromatic N) is 4. The number of hydrogen-bond acceptors (Lipinski definition) is 6. The Morgan fingerprint density at radius 3 is 2.90 bits per heavy atom. The Kier molecular flexibility index (Phi) is 4.57. The van der Waals surface area contributed by atoms with Gasteiger partial charge in [-0.05, 0) is 17.9 Å². The highest BCUT2D eigenvalue weighted by atomic mass is 35.5. The second kappa shape index (κ2) is 6.60. The van der Waals surface area contributed by atoms with Crippen molar-refractivity contribution in [3.8, 4) is 0 Å². The number of aromatic nitrogens is 2. The van der Waals surface area contributed by atoms with Crippen molar-refractivity contribution in [3.05, 3.63) is 33.6 Å². The van der Waals surface area contributed by atoms with Crippen molar-refractivity contribution in [2.45, 2.75) is 13.0 Å². The van der Waals surface area contributed by atoms with Gasteiger partial charge in [0.1, 0.15) is 11.0 Å². The van der Waals surface area contributed by atoms with Crippen LogP contribution in [0.2, 0.25) is 5.15 Å². The summed E-state index contributed by atoms with van der Waals surface area (Å²) < 4.78 is 0. The molecule has 1 fully saturated rings. The van der Waals surface area contributed by atoms with Crippen LogP contribution in [-0.2, 0) is 6.54 Å². The Hall–Kier alpha value is -1.37. The first-order valence-electron chi connectivity index (χ1n) is 7.00. The maximum Gasteiger partial charge on any atom is 0.223 e. The average molecular weight is 324 g/mol. The summed E-state index contributed by atoms with van der Waals surface area (Å²) in [5, 5.41) is 2.53. The Bertz CT molecular complexity index is 569. The molecule has 0 unspecified atom stereocenters. The monoisotopic (exact) mass is 323 g/mol. The molecule has 0 saturated carbocycles. The Morgan fingerprint density at radius 1 is 1.24 bits per heavy atom. The molecule has 2 N–H and O–H groups in total. The normalized spacial score (nSPS) is 16.9. The van der Waals surface area contributed by atoms with Gasteiger partial charge in [-0.1, -0.05) is 17.7 Å². The van der Waals surface area contributed by atoms with E-state index < -0.39 is 0 Å². The molecular formula is C14H18ClN5S. The van der Waals surface area contributed by atoms with E-state index in [1.807, 2.05) is 11.3 Å². The lowest BCUT2D eigenvalue weighted by Gasteiger charge is -2.22. The predicted molar refractivity (Wildman–Crippen MR) is 87.9 cm³/mol. The lowest BCUT2D eigenvalue weighted by Crippen LogP contribution is -2.31. The first-order valence-corrected chi connectivity index (χ1v) is 8.26. The summed E-state index contributed by atoms with van der Waals surface area (Å²) in [6.07, 6.45) is 1.10. The van der Waals surface area contributed by atoms with Gasteiger partial charge < -0.3 is 10.6 Å². The van der Waals surface area contributed by atoms with Gasteiger partial charge in [0.2, 0.25) is 5.95 Å². The lowest BCUT2D eigenvalue weighted by molar-refractivity contribution is 0.288. The molecule has 3 heterocycles. The molecule has 0 amide bonds. The number of anilines is 2. The molecule has 0 radical (unpaired) electrons. The molecule has 1 aliphatic rings.